The fraction of sp³-hybridized carbons (Fsp3) is 0.300. The van der Waals surface area contributed by atoms with Gasteiger partial charge in [0, 0.05) is 6.54 Å². The van der Waals surface area contributed by atoms with E-state index < -0.39 is 4.92 Å². The van der Waals surface area contributed by atoms with Crippen LogP contribution in [-0.2, 0) is 13.2 Å². The highest BCUT2D eigenvalue weighted by atomic mass is 16.6. The van der Waals surface area contributed by atoms with Crippen LogP contribution in [0, 0.1) is 30.9 Å². The molecular weight excluding hydrogens is 376 g/mol. The van der Waals surface area contributed by atoms with Gasteiger partial charge in [0.25, 0.3) is 5.91 Å². The molecule has 0 atom stereocenters. The average molecular weight is 398 g/mol. The van der Waals surface area contributed by atoms with Crippen molar-refractivity contribution in [3.05, 3.63) is 74.9 Å². The number of aryl methyl sites for hydroxylation is 3. The summed E-state index contributed by atoms with van der Waals surface area (Å²) in [5, 5.41) is 17.3. The molecule has 9 nitrogen and oxygen atoms in total. The quantitative estimate of drug-likeness (QED) is 0.460. The van der Waals surface area contributed by atoms with Crippen LogP contribution in [0.4, 0.5) is 5.82 Å². The van der Waals surface area contributed by atoms with Crippen LogP contribution < -0.4 is 10.1 Å². The van der Waals surface area contributed by atoms with Crippen molar-refractivity contribution < 1.29 is 18.9 Å². The van der Waals surface area contributed by atoms with E-state index in [2.05, 4.69) is 16.5 Å². The van der Waals surface area contributed by atoms with Crippen LogP contribution in [0.25, 0.3) is 0 Å². The van der Waals surface area contributed by atoms with E-state index in [0.717, 1.165) is 16.9 Å². The van der Waals surface area contributed by atoms with Crippen molar-refractivity contribution in [2.24, 2.45) is 0 Å². The van der Waals surface area contributed by atoms with Crippen molar-refractivity contribution >= 4 is 11.7 Å². The second-order valence-electron chi connectivity index (χ2n) is 6.76. The molecule has 0 spiro atoms. The maximum absolute atomic E-state index is 12.2. The van der Waals surface area contributed by atoms with Gasteiger partial charge in [0.1, 0.15) is 18.1 Å². The fourth-order valence-electron chi connectivity index (χ4n) is 2.92. The normalized spacial score (nSPS) is 10.7. The van der Waals surface area contributed by atoms with Crippen molar-refractivity contribution in [3.8, 4) is 5.75 Å². The zero-order chi connectivity index (χ0) is 21.0. The number of furan rings is 1. The molecule has 3 aromatic rings. The number of nitrogens with one attached hydrogen (secondary N) is 1. The first kappa shape index (κ1) is 20.1. The number of aromatic nitrogens is 2. The lowest BCUT2D eigenvalue weighted by atomic mass is 10.1. The lowest BCUT2D eigenvalue weighted by Gasteiger charge is -2.06. The highest BCUT2D eigenvalue weighted by molar-refractivity contribution is 5.91. The van der Waals surface area contributed by atoms with Crippen LogP contribution in [0.5, 0.6) is 5.75 Å². The average Bonchev–Trinajstić information content (AvgIpc) is 3.26. The van der Waals surface area contributed by atoms with Crippen molar-refractivity contribution in [1.29, 1.82) is 0 Å². The maximum Gasteiger partial charge on any atom is 0.390 e. The molecule has 3 rings (SSSR count). The standard InChI is InChI=1S/C20H22N4O5/c1-13-8-14(2)10-17(9-13)28-12-16-4-5-18(29-16)20(25)21-6-7-23-15(3)11-19(22-23)24(26)27/h4-5,8-11H,6-7,12H2,1-3H3,(H,21,25). The minimum Gasteiger partial charge on any atom is -0.486 e. The van der Waals surface area contributed by atoms with Crippen LogP contribution in [0.1, 0.15) is 33.1 Å². The Labute approximate surface area is 167 Å². The van der Waals surface area contributed by atoms with E-state index in [1.807, 2.05) is 26.0 Å². The number of nitro groups is 1. The van der Waals surface area contributed by atoms with E-state index in [1.165, 1.54) is 10.7 Å². The van der Waals surface area contributed by atoms with Gasteiger partial charge in [0.05, 0.1) is 23.4 Å². The summed E-state index contributed by atoms with van der Waals surface area (Å²) in [6, 6.07) is 10.6. The second-order valence-corrected chi connectivity index (χ2v) is 6.76. The summed E-state index contributed by atoms with van der Waals surface area (Å²) in [5.41, 5.74) is 2.87. The number of carbonyl (C=O) groups is 1. The van der Waals surface area contributed by atoms with E-state index in [9.17, 15) is 14.9 Å². The van der Waals surface area contributed by atoms with Crippen LogP contribution in [0.15, 0.2) is 40.8 Å². The first-order valence-electron chi connectivity index (χ1n) is 9.08. The van der Waals surface area contributed by atoms with Gasteiger partial charge in [0.15, 0.2) is 5.76 Å². The van der Waals surface area contributed by atoms with Crippen LogP contribution in [0.2, 0.25) is 0 Å². The molecule has 0 aliphatic rings. The smallest absolute Gasteiger partial charge is 0.390 e. The van der Waals surface area contributed by atoms with Gasteiger partial charge in [-0.3, -0.25) is 4.79 Å². The van der Waals surface area contributed by atoms with Gasteiger partial charge in [-0.15, -0.1) is 0 Å². The Kier molecular flexibility index (Phi) is 5.96. The Hall–Kier alpha value is -3.62. The Morgan fingerprint density at radius 2 is 1.93 bits per heavy atom. The number of ether oxygens (including phenoxy) is 1. The molecular formula is C20H22N4O5. The van der Waals surface area contributed by atoms with E-state index in [-0.39, 0.29) is 30.6 Å². The molecule has 0 saturated carbocycles. The molecule has 1 aromatic carbocycles. The molecule has 0 aliphatic heterocycles. The lowest BCUT2D eigenvalue weighted by Crippen LogP contribution is -2.27. The summed E-state index contributed by atoms with van der Waals surface area (Å²) in [6.45, 7) is 6.50. The largest absolute Gasteiger partial charge is 0.486 e. The Morgan fingerprint density at radius 1 is 1.21 bits per heavy atom. The SMILES string of the molecule is Cc1cc(C)cc(OCc2ccc(C(=O)NCCn3nc([N+](=O)[O-])cc3C)o2)c1. The second kappa shape index (κ2) is 8.59. The zero-order valence-corrected chi connectivity index (χ0v) is 16.5. The topological polar surface area (TPSA) is 112 Å². The van der Waals surface area contributed by atoms with Crippen LogP contribution in [-0.4, -0.2) is 27.2 Å². The molecule has 2 aromatic heterocycles. The van der Waals surface area contributed by atoms with E-state index in [0.29, 0.717) is 18.0 Å². The molecule has 2 heterocycles. The molecule has 152 valence electrons. The third-order valence-electron chi connectivity index (χ3n) is 4.23. The maximum atomic E-state index is 12.2. The number of rotatable bonds is 8. The molecule has 29 heavy (non-hydrogen) atoms. The fourth-order valence-corrected chi connectivity index (χ4v) is 2.92. The summed E-state index contributed by atoms with van der Waals surface area (Å²) in [4.78, 5) is 22.4. The van der Waals surface area contributed by atoms with Gasteiger partial charge in [0.2, 0.25) is 0 Å². The minimum atomic E-state index is -0.549. The highest BCUT2D eigenvalue weighted by Gasteiger charge is 2.16. The Bertz CT molecular complexity index is 1020. The van der Waals surface area contributed by atoms with Crippen molar-refractivity contribution in [2.75, 3.05) is 6.54 Å². The minimum absolute atomic E-state index is 0.173. The molecule has 0 unspecified atom stereocenters. The number of hydrogen-bond donors (Lipinski definition) is 1. The van der Waals surface area contributed by atoms with Crippen LogP contribution >= 0.6 is 0 Å². The van der Waals surface area contributed by atoms with E-state index in [4.69, 9.17) is 9.15 Å². The van der Waals surface area contributed by atoms with Gasteiger partial charge < -0.3 is 24.6 Å². The zero-order valence-electron chi connectivity index (χ0n) is 16.5. The number of benzene rings is 1. The molecule has 0 saturated heterocycles. The van der Waals surface area contributed by atoms with Gasteiger partial charge >= 0.3 is 5.82 Å². The predicted octanol–water partition coefficient (Wildman–Crippen LogP) is 3.32. The molecule has 1 N–H and O–H groups in total. The van der Waals surface area contributed by atoms with E-state index in [1.54, 1.807) is 19.1 Å². The highest BCUT2D eigenvalue weighted by Crippen LogP contribution is 2.18. The third kappa shape index (κ3) is 5.22. The number of hydrogen-bond acceptors (Lipinski definition) is 6. The Morgan fingerprint density at radius 3 is 2.59 bits per heavy atom. The van der Waals surface area contributed by atoms with Gasteiger partial charge in [-0.25, -0.2) is 0 Å². The molecule has 9 heteroatoms. The first-order chi connectivity index (χ1) is 13.8. The number of amides is 1. The summed E-state index contributed by atoms with van der Waals surface area (Å²) < 4.78 is 12.7. The first-order valence-corrected chi connectivity index (χ1v) is 9.08. The molecule has 0 aliphatic carbocycles. The predicted molar refractivity (Wildman–Crippen MR) is 105 cm³/mol. The number of nitrogens with zero attached hydrogens (tertiary/aromatic N) is 3. The van der Waals surface area contributed by atoms with Crippen molar-refractivity contribution in [2.45, 2.75) is 33.9 Å². The summed E-state index contributed by atoms with van der Waals surface area (Å²) in [5.74, 6) is 0.865. The van der Waals surface area contributed by atoms with Crippen molar-refractivity contribution in [1.82, 2.24) is 15.1 Å². The third-order valence-corrected chi connectivity index (χ3v) is 4.23. The van der Waals surface area contributed by atoms with Crippen molar-refractivity contribution in [3.63, 3.8) is 0 Å². The Balaban J connectivity index is 1.50. The molecule has 0 radical (unpaired) electrons. The van der Waals surface area contributed by atoms with E-state index >= 15 is 0 Å². The molecule has 0 bridgehead atoms. The molecule has 1 amide bonds. The summed E-state index contributed by atoms with van der Waals surface area (Å²) in [7, 11) is 0. The van der Waals surface area contributed by atoms with Gasteiger partial charge in [-0.05, 0) is 61.1 Å². The summed E-state index contributed by atoms with van der Waals surface area (Å²) >= 11 is 0. The summed E-state index contributed by atoms with van der Waals surface area (Å²) in [6.07, 6.45) is 0. The van der Waals surface area contributed by atoms with Gasteiger partial charge in [-0.2, -0.15) is 4.68 Å². The number of carbonyl (C=O) groups excluding carboxylic acids is 1. The van der Waals surface area contributed by atoms with Crippen LogP contribution in [0.3, 0.4) is 0 Å². The molecule has 0 fully saturated rings. The monoisotopic (exact) mass is 398 g/mol. The lowest BCUT2D eigenvalue weighted by molar-refractivity contribution is -0.389. The van der Waals surface area contributed by atoms with Gasteiger partial charge in [-0.1, -0.05) is 6.07 Å².